The molecule has 0 aliphatic rings. The number of likely N-dealkylation sites (N-methyl/N-ethyl adjacent to an activating group) is 1. The van der Waals surface area contributed by atoms with Gasteiger partial charge in [-0.05, 0) is 12.3 Å². The molecule has 0 spiro atoms. The summed E-state index contributed by atoms with van der Waals surface area (Å²) >= 11 is 0. The molecular weight excluding hydrogens is 268 g/mol. The minimum Gasteiger partial charge on any atom is -0.373 e. The van der Waals surface area contributed by atoms with Gasteiger partial charge in [0.25, 0.3) is 5.91 Å². The van der Waals surface area contributed by atoms with Crippen LogP contribution in [-0.4, -0.2) is 36.9 Å². The van der Waals surface area contributed by atoms with Gasteiger partial charge in [-0.25, -0.2) is 4.98 Å². The fourth-order valence-electron chi connectivity index (χ4n) is 2.09. The van der Waals surface area contributed by atoms with Crippen LogP contribution in [-0.2, 0) is 4.79 Å². The minimum absolute atomic E-state index is 0.0468. The molecule has 0 unspecified atom stereocenters. The summed E-state index contributed by atoms with van der Waals surface area (Å²) in [5.41, 5.74) is 0.453. The quantitative estimate of drug-likeness (QED) is 0.770. The first-order valence-corrected chi connectivity index (χ1v) is 6.77. The molecule has 0 radical (unpaired) electrons. The third kappa shape index (κ3) is 3.28. The minimum atomic E-state index is -0.312. The molecule has 6 nitrogen and oxygen atoms in total. The second-order valence-electron chi connectivity index (χ2n) is 4.45. The van der Waals surface area contributed by atoms with Crippen molar-refractivity contribution in [3.05, 3.63) is 36.0 Å². The van der Waals surface area contributed by atoms with Gasteiger partial charge in [-0.2, -0.15) is 0 Å². The van der Waals surface area contributed by atoms with E-state index in [0.29, 0.717) is 17.9 Å². The summed E-state index contributed by atoms with van der Waals surface area (Å²) in [5.74, 6) is 0.188. The number of rotatable bonds is 5. The summed E-state index contributed by atoms with van der Waals surface area (Å²) < 4.78 is 0. The van der Waals surface area contributed by atoms with Crippen LogP contribution in [0.2, 0.25) is 0 Å². The number of fused-ring (bicyclic) bond motifs is 1. The molecule has 1 aromatic heterocycles. The number of benzene rings is 1. The molecule has 2 amide bonds. The highest BCUT2D eigenvalue weighted by atomic mass is 16.2. The Hall–Kier alpha value is -2.63. The van der Waals surface area contributed by atoms with Gasteiger partial charge in [-0.15, -0.1) is 0 Å². The number of pyridine rings is 1. The Balaban J connectivity index is 2.26. The average molecular weight is 286 g/mol. The maximum Gasteiger partial charge on any atom is 0.253 e. The number of hydrogen-bond donors (Lipinski definition) is 3. The number of carbonyl (C=O) groups is 2. The topological polar surface area (TPSA) is 83.1 Å². The van der Waals surface area contributed by atoms with Crippen LogP contribution in [0.15, 0.2) is 30.5 Å². The number of nitrogens with zero attached hydrogens (tertiary/aromatic N) is 1. The van der Waals surface area contributed by atoms with Crippen molar-refractivity contribution in [3.63, 3.8) is 0 Å². The molecule has 1 aromatic carbocycles. The summed E-state index contributed by atoms with van der Waals surface area (Å²) in [6.07, 6.45) is 1.52. The Labute approximate surface area is 122 Å². The molecule has 0 saturated carbocycles. The molecule has 0 aliphatic heterocycles. The number of anilines is 1. The molecular formula is C15H18N4O2. The van der Waals surface area contributed by atoms with E-state index in [4.69, 9.17) is 0 Å². The van der Waals surface area contributed by atoms with E-state index < -0.39 is 0 Å². The van der Waals surface area contributed by atoms with Crippen molar-refractivity contribution in [1.82, 2.24) is 15.6 Å². The van der Waals surface area contributed by atoms with E-state index in [1.54, 1.807) is 7.05 Å². The summed E-state index contributed by atoms with van der Waals surface area (Å²) in [6, 6.07) is 7.51. The second kappa shape index (κ2) is 6.69. The highest BCUT2D eigenvalue weighted by Crippen LogP contribution is 2.23. The zero-order valence-electron chi connectivity index (χ0n) is 12.1. The lowest BCUT2D eigenvalue weighted by Crippen LogP contribution is -2.36. The van der Waals surface area contributed by atoms with Crippen molar-refractivity contribution in [2.45, 2.75) is 6.92 Å². The van der Waals surface area contributed by atoms with Crippen LogP contribution >= 0.6 is 0 Å². The van der Waals surface area contributed by atoms with Gasteiger partial charge in [0.05, 0.1) is 12.1 Å². The van der Waals surface area contributed by atoms with E-state index in [0.717, 1.165) is 10.8 Å². The first kappa shape index (κ1) is 14.8. The Kier molecular flexibility index (Phi) is 4.71. The highest BCUT2D eigenvalue weighted by molar-refractivity contribution is 6.09. The third-order valence-corrected chi connectivity index (χ3v) is 3.06. The maximum atomic E-state index is 12.2. The first-order chi connectivity index (χ1) is 10.2. The van der Waals surface area contributed by atoms with Gasteiger partial charge in [0.2, 0.25) is 5.91 Å². The molecule has 2 rings (SSSR count). The van der Waals surface area contributed by atoms with Crippen molar-refractivity contribution in [3.8, 4) is 0 Å². The van der Waals surface area contributed by atoms with Gasteiger partial charge in [-0.1, -0.05) is 24.3 Å². The predicted octanol–water partition coefficient (Wildman–Crippen LogP) is 1.14. The summed E-state index contributed by atoms with van der Waals surface area (Å²) in [5, 5.41) is 9.89. The zero-order chi connectivity index (χ0) is 15.2. The number of nitrogens with one attached hydrogen (secondary N) is 3. The van der Waals surface area contributed by atoms with Gasteiger partial charge in [-0.3, -0.25) is 9.59 Å². The van der Waals surface area contributed by atoms with Crippen LogP contribution in [0.25, 0.3) is 10.8 Å². The van der Waals surface area contributed by atoms with E-state index in [1.807, 2.05) is 31.2 Å². The van der Waals surface area contributed by atoms with E-state index in [-0.39, 0.29) is 18.4 Å². The van der Waals surface area contributed by atoms with Crippen LogP contribution in [0.1, 0.15) is 17.3 Å². The Bertz CT molecular complexity index is 670. The van der Waals surface area contributed by atoms with Crippen molar-refractivity contribution >= 4 is 28.4 Å². The normalized spacial score (nSPS) is 10.2. The van der Waals surface area contributed by atoms with Crippen molar-refractivity contribution < 1.29 is 9.59 Å². The van der Waals surface area contributed by atoms with E-state index in [9.17, 15) is 9.59 Å². The lowest BCUT2D eigenvalue weighted by atomic mass is 10.1. The fourth-order valence-corrected chi connectivity index (χ4v) is 2.09. The third-order valence-electron chi connectivity index (χ3n) is 3.06. The van der Waals surface area contributed by atoms with Gasteiger partial charge in [0.15, 0.2) is 0 Å². The van der Waals surface area contributed by atoms with Crippen LogP contribution in [0.5, 0.6) is 0 Å². The predicted molar refractivity (Wildman–Crippen MR) is 82.3 cm³/mol. The number of aromatic nitrogens is 1. The molecule has 110 valence electrons. The largest absolute Gasteiger partial charge is 0.373 e. The summed E-state index contributed by atoms with van der Waals surface area (Å²) in [4.78, 5) is 27.8. The summed E-state index contributed by atoms with van der Waals surface area (Å²) in [6.45, 7) is 2.32. The number of hydrogen-bond acceptors (Lipinski definition) is 4. The SMILES string of the molecule is CCNC(=O)CNC(=O)c1cnc(NC)c2ccccc12. The number of carbonyl (C=O) groups excluding carboxylic acids is 2. The highest BCUT2D eigenvalue weighted by Gasteiger charge is 2.13. The molecule has 0 fully saturated rings. The Morgan fingerprint density at radius 2 is 1.86 bits per heavy atom. The Morgan fingerprint density at radius 3 is 2.52 bits per heavy atom. The number of amides is 2. The van der Waals surface area contributed by atoms with Gasteiger partial charge in [0, 0.05) is 25.2 Å². The lowest BCUT2D eigenvalue weighted by molar-refractivity contribution is -0.120. The molecule has 0 atom stereocenters. The average Bonchev–Trinajstić information content (AvgIpc) is 2.51. The van der Waals surface area contributed by atoms with Crippen LogP contribution < -0.4 is 16.0 Å². The maximum absolute atomic E-state index is 12.2. The second-order valence-corrected chi connectivity index (χ2v) is 4.45. The van der Waals surface area contributed by atoms with E-state index in [2.05, 4.69) is 20.9 Å². The van der Waals surface area contributed by atoms with E-state index in [1.165, 1.54) is 6.20 Å². The molecule has 2 aromatic rings. The van der Waals surface area contributed by atoms with E-state index >= 15 is 0 Å². The molecule has 0 aliphatic carbocycles. The van der Waals surface area contributed by atoms with Crippen molar-refractivity contribution in [2.75, 3.05) is 25.5 Å². The molecule has 3 N–H and O–H groups in total. The summed E-state index contributed by atoms with van der Waals surface area (Å²) in [7, 11) is 1.78. The monoisotopic (exact) mass is 286 g/mol. The first-order valence-electron chi connectivity index (χ1n) is 6.77. The standard InChI is InChI=1S/C15H18N4O2/c1-3-17-13(20)9-19-15(21)12-8-18-14(16-2)11-7-5-4-6-10(11)12/h4-8H,3,9H2,1-2H3,(H,16,18)(H,17,20)(H,19,21). The van der Waals surface area contributed by atoms with Gasteiger partial charge >= 0.3 is 0 Å². The van der Waals surface area contributed by atoms with Crippen molar-refractivity contribution in [1.29, 1.82) is 0 Å². The van der Waals surface area contributed by atoms with Crippen LogP contribution in [0.4, 0.5) is 5.82 Å². The van der Waals surface area contributed by atoms with Gasteiger partial charge in [0.1, 0.15) is 5.82 Å². The van der Waals surface area contributed by atoms with Gasteiger partial charge < -0.3 is 16.0 Å². The smallest absolute Gasteiger partial charge is 0.253 e. The fraction of sp³-hybridized carbons (Fsp3) is 0.267. The molecule has 0 saturated heterocycles. The molecule has 6 heteroatoms. The van der Waals surface area contributed by atoms with Crippen molar-refractivity contribution in [2.24, 2.45) is 0 Å². The molecule has 1 heterocycles. The van der Waals surface area contributed by atoms with Crippen LogP contribution in [0, 0.1) is 0 Å². The molecule has 0 bridgehead atoms. The Morgan fingerprint density at radius 1 is 1.14 bits per heavy atom. The molecule has 21 heavy (non-hydrogen) atoms. The zero-order valence-corrected chi connectivity index (χ0v) is 12.1. The lowest BCUT2D eigenvalue weighted by Gasteiger charge is -2.10. The van der Waals surface area contributed by atoms with Crippen LogP contribution in [0.3, 0.4) is 0 Å².